The van der Waals surface area contributed by atoms with Gasteiger partial charge in [0.05, 0.1) is 6.20 Å². The maximum absolute atomic E-state index is 6.19. The molecule has 0 atom stereocenters. The van der Waals surface area contributed by atoms with Gasteiger partial charge in [0.25, 0.3) is 0 Å². The Balaban J connectivity index is 1.77. The second-order valence-electron chi connectivity index (χ2n) is 6.43. The van der Waals surface area contributed by atoms with Crippen molar-refractivity contribution in [1.82, 2.24) is 15.2 Å². The number of nitrogens with one attached hydrogen (secondary N) is 2. The Kier molecular flexibility index (Phi) is 5.68. The number of hydrogen-bond acceptors (Lipinski definition) is 5. The molecule has 3 rings (SSSR count). The van der Waals surface area contributed by atoms with Gasteiger partial charge in [0.2, 0.25) is 5.95 Å². The van der Waals surface area contributed by atoms with Gasteiger partial charge in [-0.2, -0.15) is 10.1 Å². The van der Waals surface area contributed by atoms with E-state index in [-0.39, 0.29) is 0 Å². The van der Waals surface area contributed by atoms with Crippen LogP contribution >= 0.6 is 11.6 Å². The first-order chi connectivity index (χ1) is 12.5. The average Bonchev–Trinajstić information content (AvgIpc) is 2.63. The fourth-order valence-corrected chi connectivity index (χ4v) is 2.93. The summed E-state index contributed by atoms with van der Waals surface area (Å²) in [5, 5.41) is 15.4. The number of benzene rings is 2. The van der Waals surface area contributed by atoms with Gasteiger partial charge in [-0.05, 0) is 35.6 Å². The Bertz CT molecular complexity index is 895. The monoisotopic (exact) mass is 367 g/mol. The van der Waals surface area contributed by atoms with Crippen molar-refractivity contribution in [2.45, 2.75) is 33.2 Å². The molecule has 0 saturated carbocycles. The molecule has 0 amide bonds. The second kappa shape index (κ2) is 8.15. The van der Waals surface area contributed by atoms with Gasteiger partial charge in [-0.15, -0.1) is 5.10 Å². The highest BCUT2D eigenvalue weighted by atomic mass is 35.5. The summed E-state index contributed by atoms with van der Waals surface area (Å²) in [6, 6.07) is 14.0. The number of aromatic nitrogens is 3. The highest BCUT2D eigenvalue weighted by molar-refractivity contribution is 6.31. The number of nitrogens with zero attached hydrogens (tertiary/aromatic N) is 3. The third-order valence-electron chi connectivity index (χ3n) is 4.14. The molecule has 2 aromatic carbocycles. The second-order valence-corrected chi connectivity index (χ2v) is 6.84. The molecule has 0 fully saturated rings. The first kappa shape index (κ1) is 18.1. The predicted molar refractivity (Wildman–Crippen MR) is 107 cm³/mol. The first-order valence-electron chi connectivity index (χ1n) is 8.58. The van der Waals surface area contributed by atoms with Gasteiger partial charge in [0, 0.05) is 17.3 Å². The van der Waals surface area contributed by atoms with E-state index in [4.69, 9.17) is 11.6 Å². The number of hydrogen-bond donors (Lipinski definition) is 2. The van der Waals surface area contributed by atoms with Crippen LogP contribution in [0, 0.1) is 6.92 Å². The van der Waals surface area contributed by atoms with Gasteiger partial charge < -0.3 is 10.6 Å². The van der Waals surface area contributed by atoms with Crippen molar-refractivity contribution in [3.63, 3.8) is 0 Å². The normalized spacial score (nSPS) is 10.8. The molecule has 26 heavy (non-hydrogen) atoms. The largest absolute Gasteiger partial charge is 0.364 e. The number of anilines is 3. The molecule has 1 heterocycles. The summed E-state index contributed by atoms with van der Waals surface area (Å²) in [6.07, 6.45) is 1.60. The van der Waals surface area contributed by atoms with Crippen LogP contribution < -0.4 is 10.6 Å². The van der Waals surface area contributed by atoms with Gasteiger partial charge in [-0.1, -0.05) is 61.8 Å². The third-order valence-corrected chi connectivity index (χ3v) is 4.51. The van der Waals surface area contributed by atoms with E-state index < -0.39 is 0 Å². The maximum atomic E-state index is 6.19. The first-order valence-corrected chi connectivity index (χ1v) is 8.96. The van der Waals surface area contributed by atoms with Crippen LogP contribution in [-0.2, 0) is 6.54 Å². The van der Waals surface area contributed by atoms with E-state index in [1.54, 1.807) is 6.20 Å². The highest BCUT2D eigenvalue weighted by Crippen LogP contribution is 2.29. The zero-order valence-corrected chi connectivity index (χ0v) is 15.9. The van der Waals surface area contributed by atoms with Crippen LogP contribution in [0.25, 0.3) is 0 Å². The lowest BCUT2D eigenvalue weighted by atomic mass is 9.98. The number of rotatable bonds is 6. The van der Waals surface area contributed by atoms with E-state index in [1.807, 2.05) is 24.3 Å². The lowest BCUT2D eigenvalue weighted by Gasteiger charge is -2.16. The molecule has 6 heteroatoms. The maximum Gasteiger partial charge on any atom is 0.249 e. The van der Waals surface area contributed by atoms with Crippen molar-refractivity contribution in [3.8, 4) is 0 Å². The number of para-hydroxylation sites is 1. The standard InChI is InChI=1S/C20H22ClN5/c1-13(2)16-9-6-7-14(3)19(16)25-20-24-18(12-23-26-20)22-11-15-8-4-5-10-17(15)21/h4-10,12-13H,11H2,1-3H3,(H2,22,24,25,26). The van der Waals surface area contributed by atoms with Gasteiger partial charge in [-0.25, -0.2) is 0 Å². The molecule has 0 aliphatic heterocycles. The molecule has 2 N–H and O–H groups in total. The minimum absolute atomic E-state index is 0.395. The van der Waals surface area contributed by atoms with Gasteiger partial charge in [0.1, 0.15) is 0 Å². The molecule has 0 spiro atoms. The van der Waals surface area contributed by atoms with Crippen LogP contribution in [0.2, 0.25) is 5.02 Å². The fraction of sp³-hybridized carbons (Fsp3) is 0.250. The summed E-state index contributed by atoms with van der Waals surface area (Å²) in [4.78, 5) is 4.52. The van der Waals surface area contributed by atoms with Crippen molar-refractivity contribution >= 4 is 29.1 Å². The molecule has 0 radical (unpaired) electrons. The summed E-state index contributed by atoms with van der Waals surface area (Å²) in [5.74, 6) is 1.50. The number of halogens is 1. The van der Waals surface area contributed by atoms with Crippen LogP contribution in [0.15, 0.2) is 48.7 Å². The van der Waals surface area contributed by atoms with Crippen molar-refractivity contribution in [2.24, 2.45) is 0 Å². The molecular weight excluding hydrogens is 346 g/mol. The van der Waals surface area contributed by atoms with Gasteiger partial charge >= 0.3 is 0 Å². The van der Waals surface area contributed by atoms with Crippen LogP contribution in [0.1, 0.15) is 36.5 Å². The Hall–Kier alpha value is -2.66. The topological polar surface area (TPSA) is 62.7 Å². The molecule has 3 aromatic rings. The highest BCUT2D eigenvalue weighted by Gasteiger charge is 2.11. The predicted octanol–water partition coefficient (Wildman–Crippen LogP) is 5.31. The zero-order valence-electron chi connectivity index (χ0n) is 15.1. The van der Waals surface area contributed by atoms with E-state index in [1.165, 1.54) is 5.56 Å². The molecular formula is C20H22ClN5. The van der Waals surface area contributed by atoms with Gasteiger partial charge in [-0.3, -0.25) is 0 Å². The summed E-state index contributed by atoms with van der Waals surface area (Å²) in [5.41, 5.74) is 4.41. The molecule has 134 valence electrons. The molecule has 1 aromatic heterocycles. The lowest BCUT2D eigenvalue weighted by Crippen LogP contribution is -2.07. The summed E-state index contributed by atoms with van der Waals surface area (Å²) >= 11 is 6.19. The molecule has 0 aliphatic carbocycles. The zero-order chi connectivity index (χ0) is 18.5. The van der Waals surface area contributed by atoms with E-state index in [2.05, 4.69) is 64.8 Å². The average molecular weight is 368 g/mol. The molecule has 0 unspecified atom stereocenters. The summed E-state index contributed by atoms with van der Waals surface area (Å²) in [6.45, 7) is 6.97. The van der Waals surface area contributed by atoms with Crippen molar-refractivity contribution in [2.75, 3.05) is 10.6 Å². The van der Waals surface area contributed by atoms with Crippen LogP contribution in [-0.4, -0.2) is 15.2 Å². The van der Waals surface area contributed by atoms with Crippen molar-refractivity contribution in [3.05, 3.63) is 70.4 Å². The molecule has 0 bridgehead atoms. The fourth-order valence-electron chi connectivity index (χ4n) is 2.72. The van der Waals surface area contributed by atoms with Crippen molar-refractivity contribution in [1.29, 1.82) is 0 Å². The lowest BCUT2D eigenvalue weighted by molar-refractivity contribution is 0.865. The minimum Gasteiger partial charge on any atom is -0.364 e. The van der Waals surface area contributed by atoms with Crippen LogP contribution in [0.3, 0.4) is 0 Å². The Labute approximate surface area is 158 Å². The molecule has 0 saturated heterocycles. The smallest absolute Gasteiger partial charge is 0.249 e. The van der Waals surface area contributed by atoms with Gasteiger partial charge in [0.15, 0.2) is 5.82 Å². The Morgan fingerprint density at radius 3 is 2.65 bits per heavy atom. The van der Waals surface area contributed by atoms with E-state index in [0.29, 0.717) is 24.2 Å². The van der Waals surface area contributed by atoms with Crippen LogP contribution in [0.4, 0.5) is 17.5 Å². The summed E-state index contributed by atoms with van der Waals surface area (Å²) < 4.78 is 0. The quantitative estimate of drug-likeness (QED) is 0.618. The minimum atomic E-state index is 0.395. The third kappa shape index (κ3) is 4.29. The SMILES string of the molecule is Cc1cccc(C(C)C)c1Nc1nncc(NCc2ccccc2Cl)n1. The van der Waals surface area contributed by atoms with Crippen molar-refractivity contribution < 1.29 is 0 Å². The molecule has 0 aliphatic rings. The Morgan fingerprint density at radius 1 is 1.08 bits per heavy atom. The van der Waals surface area contributed by atoms with Crippen LogP contribution in [0.5, 0.6) is 0 Å². The van der Waals surface area contributed by atoms with E-state index >= 15 is 0 Å². The van der Waals surface area contributed by atoms with E-state index in [0.717, 1.165) is 21.8 Å². The Morgan fingerprint density at radius 2 is 1.88 bits per heavy atom. The van der Waals surface area contributed by atoms with E-state index in [9.17, 15) is 0 Å². The molecule has 5 nitrogen and oxygen atoms in total. The summed E-state index contributed by atoms with van der Waals surface area (Å²) in [7, 11) is 0. The number of aryl methyl sites for hydroxylation is 1.